The Bertz CT molecular complexity index is 996. The number of hydrogen-bond donors (Lipinski definition) is 22. The van der Waals surface area contributed by atoms with Crippen LogP contribution in [-0.4, -0.2) is 306 Å². The summed E-state index contributed by atoms with van der Waals surface area (Å²) in [5.41, 5.74) is 2.50. The van der Waals surface area contributed by atoms with Crippen molar-refractivity contribution in [1.82, 2.24) is 20.1 Å². The first kappa shape index (κ1) is 58.0. The first-order chi connectivity index (χ1) is 27.7. The van der Waals surface area contributed by atoms with E-state index in [1.54, 1.807) is 9.80 Å². The molecular weight excluding hydrogens is 798 g/mol. The molecule has 0 aliphatic carbocycles. The molecule has 0 amide bonds. The van der Waals surface area contributed by atoms with E-state index >= 15 is 0 Å². The lowest BCUT2D eigenvalue weighted by molar-refractivity contribution is -0.130. The van der Waals surface area contributed by atoms with E-state index in [0.717, 1.165) is 0 Å². The van der Waals surface area contributed by atoms with E-state index in [-0.39, 0.29) is 39.1 Å². The summed E-state index contributed by atoms with van der Waals surface area (Å²) >= 11 is 0. The molecule has 0 aromatic rings. The molecule has 356 valence electrons. The Morgan fingerprint density at radius 1 is 0.305 bits per heavy atom. The zero-order chi connectivity index (χ0) is 45.4. The molecule has 0 bridgehead atoms. The molecular formula is C34H75N5O20. The molecule has 0 radical (unpaired) electrons. The van der Waals surface area contributed by atoms with Crippen molar-refractivity contribution in [2.24, 2.45) is 5.84 Å². The fourth-order valence-electron chi connectivity index (χ4n) is 6.18. The van der Waals surface area contributed by atoms with Crippen LogP contribution in [0, 0.1) is 0 Å². The predicted octanol–water partition coefficient (Wildman–Crippen LogP) is -12.3. The van der Waals surface area contributed by atoms with E-state index in [9.17, 15) is 86.8 Å². The second-order valence-corrected chi connectivity index (χ2v) is 14.9. The summed E-state index contributed by atoms with van der Waals surface area (Å²) in [4.78, 5) is 4.67. The first-order valence-corrected chi connectivity index (χ1v) is 19.7. The van der Waals surface area contributed by atoms with Gasteiger partial charge in [-0.05, 0) is 58.4 Å². The molecule has 16 unspecified atom stereocenters. The molecule has 0 rings (SSSR count). The Hall–Kier alpha value is -1.00. The predicted molar refractivity (Wildman–Crippen MR) is 204 cm³/mol. The van der Waals surface area contributed by atoms with Crippen LogP contribution in [0.5, 0.6) is 0 Å². The number of nitrogens with zero attached hydrogens (tertiary/aromatic N) is 3. The van der Waals surface area contributed by atoms with E-state index in [4.69, 9.17) is 21.2 Å². The van der Waals surface area contributed by atoms with Crippen molar-refractivity contribution in [1.29, 1.82) is 0 Å². The number of unbranched alkanes of at least 4 members (excludes halogenated alkanes) is 1. The van der Waals surface area contributed by atoms with E-state index in [1.165, 1.54) is 4.90 Å². The maximum absolute atomic E-state index is 10.8. The molecule has 16 atom stereocenters. The molecule has 0 aromatic carbocycles. The van der Waals surface area contributed by atoms with Crippen LogP contribution < -0.4 is 11.3 Å². The number of nitrogens with two attached hydrogens (primary N) is 1. The van der Waals surface area contributed by atoms with Crippen LogP contribution >= 0.6 is 0 Å². The van der Waals surface area contributed by atoms with Gasteiger partial charge in [-0.1, -0.05) is 0 Å². The highest BCUT2D eigenvalue weighted by Crippen LogP contribution is 2.14. The summed E-state index contributed by atoms with van der Waals surface area (Å²) in [5, 5.41) is 200. The van der Waals surface area contributed by atoms with Crippen LogP contribution in [0.25, 0.3) is 0 Å². The molecule has 0 spiro atoms. The van der Waals surface area contributed by atoms with Gasteiger partial charge in [0.2, 0.25) is 0 Å². The highest BCUT2D eigenvalue weighted by Gasteiger charge is 2.35. The summed E-state index contributed by atoms with van der Waals surface area (Å²) in [6.07, 6.45) is -28.0. The zero-order valence-corrected chi connectivity index (χ0v) is 33.3. The standard InChI is InChI=1S/C34H75N5O20/c35-36-5-3-8-37(11-19(44)27(52)31(56)23(48)15-40)6-1-2-7-38(12-20(45)28(53)32(57)24(49)16-41)9-4-10-39(13-21(46)29(54)33(58)25(50)17-42)14-22(47)30(55)34(59)26(51)18-43/h19-34,36,40-59H,1-18,35H2. The van der Waals surface area contributed by atoms with Crippen LogP contribution in [0.2, 0.25) is 0 Å². The Labute approximate surface area is 343 Å². The smallest absolute Gasteiger partial charge is 0.111 e. The number of hydrazine groups is 1. The monoisotopic (exact) mass is 874 g/mol. The summed E-state index contributed by atoms with van der Waals surface area (Å²) in [6.45, 7) is -3.91. The Morgan fingerprint density at radius 3 is 0.797 bits per heavy atom. The second kappa shape index (κ2) is 31.8. The zero-order valence-electron chi connectivity index (χ0n) is 33.3. The third-order valence-corrected chi connectivity index (χ3v) is 10.0. The lowest BCUT2D eigenvalue weighted by Gasteiger charge is -2.34. The molecule has 0 heterocycles. The third kappa shape index (κ3) is 21.8. The molecule has 0 aromatic heterocycles. The van der Waals surface area contributed by atoms with Crippen molar-refractivity contribution >= 4 is 0 Å². The molecule has 59 heavy (non-hydrogen) atoms. The van der Waals surface area contributed by atoms with Gasteiger partial charge in [-0.25, -0.2) is 0 Å². The highest BCUT2D eigenvalue weighted by molar-refractivity contribution is 4.87. The van der Waals surface area contributed by atoms with E-state index in [2.05, 4.69) is 5.43 Å². The van der Waals surface area contributed by atoms with Gasteiger partial charge in [0.25, 0.3) is 0 Å². The van der Waals surface area contributed by atoms with Crippen molar-refractivity contribution < 1.29 is 102 Å². The number of aliphatic hydroxyl groups is 20. The Kier molecular flexibility index (Phi) is 31.2. The van der Waals surface area contributed by atoms with Gasteiger partial charge in [-0.3, -0.25) is 16.2 Å². The second-order valence-electron chi connectivity index (χ2n) is 14.9. The minimum Gasteiger partial charge on any atom is -0.394 e. The minimum absolute atomic E-state index is 0.0775. The van der Waals surface area contributed by atoms with Crippen LogP contribution in [0.3, 0.4) is 0 Å². The van der Waals surface area contributed by atoms with Gasteiger partial charge < -0.3 is 112 Å². The van der Waals surface area contributed by atoms with Gasteiger partial charge in [-0.2, -0.15) is 0 Å². The normalized spacial score (nSPS) is 20.9. The van der Waals surface area contributed by atoms with Gasteiger partial charge in [-0.15, -0.1) is 0 Å². The van der Waals surface area contributed by atoms with Crippen LogP contribution in [0.4, 0.5) is 0 Å². The van der Waals surface area contributed by atoms with E-state index in [1.807, 2.05) is 0 Å². The van der Waals surface area contributed by atoms with Crippen molar-refractivity contribution in [3.63, 3.8) is 0 Å². The van der Waals surface area contributed by atoms with Crippen molar-refractivity contribution in [3.8, 4) is 0 Å². The summed E-state index contributed by atoms with van der Waals surface area (Å²) in [6, 6.07) is 0. The van der Waals surface area contributed by atoms with E-state index < -0.39 is 137 Å². The fourth-order valence-corrected chi connectivity index (χ4v) is 6.18. The maximum Gasteiger partial charge on any atom is 0.111 e. The fraction of sp³-hybridized carbons (Fsp3) is 1.00. The van der Waals surface area contributed by atoms with Gasteiger partial charge >= 0.3 is 0 Å². The summed E-state index contributed by atoms with van der Waals surface area (Å²) in [7, 11) is 0. The Balaban J connectivity index is 6.08. The first-order valence-electron chi connectivity index (χ1n) is 19.7. The minimum atomic E-state index is -2.01. The molecule has 0 saturated heterocycles. The third-order valence-electron chi connectivity index (χ3n) is 10.0. The van der Waals surface area contributed by atoms with Gasteiger partial charge in [0, 0.05) is 32.7 Å². The van der Waals surface area contributed by atoms with Crippen LogP contribution in [-0.2, 0) is 0 Å². The quantitative estimate of drug-likeness (QED) is 0.0156. The molecule has 0 aliphatic rings. The largest absolute Gasteiger partial charge is 0.394 e. The maximum atomic E-state index is 10.8. The van der Waals surface area contributed by atoms with E-state index in [0.29, 0.717) is 38.9 Å². The number of nitrogens with one attached hydrogen (secondary N) is 1. The molecule has 0 fully saturated rings. The van der Waals surface area contributed by atoms with Crippen LogP contribution in [0.1, 0.15) is 25.7 Å². The highest BCUT2D eigenvalue weighted by atomic mass is 16.4. The molecule has 25 heteroatoms. The molecule has 0 saturated carbocycles. The molecule has 25 nitrogen and oxygen atoms in total. The lowest BCUT2D eigenvalue weighted by atomic mass is 10.0. The average molecular weight is 874 g/mol. The number of rotatable bonds is 37. The average Bonchev–Trinajstić information content (AvgIpc) is 3.23. The summed E-state index contributed by atoms with van der Waals surface area (Å²) < 4.78 is 0. The number of aliphatic hydroxyl groups excluding tert-OH is 20. The van der Waals surface area contributed by atoms with Gasteiger partial charge in [0.15, 0.2) is 0 Å². The SMILES string of the molecule is NNCCCN(CCCCN(CCCN(CC(O)C(O)C(O)C(O)CO)CC(O)C(O)C(O)C(O)CO)CC(O)C(O)C(O)C(O)CO)CC(O)C(O)C(O)C(O)CO. The van der Waals surface area contributed by atoms with Crippen LogP contribution in [0.15, 0.2) is 0 Å². The van der Waals surface area contributed by atoms with Crippen molar-refractivity contribution in [3.05, 3.63) is 0 Å². The van der Waals surface area contributed by atoms with Crippen molar-refractivity contribution in [2.45, 2.75) is 123 Å². The Morgan fingerprint density at radius 2 is 0.525 bits per heavy atom. The topological polar surface area (TPSA) is 452 Å². The van der Waals surface area contributed by atoms with Gasteiger partial charge in [0.1, 0.15) is 73.2 Å². The molecule has 0 aliphatic heterocycles. The lowest BCUT2D eigenvalue weighted by Crippen LogP contribution is -2.53. The molecule has 23 N–H and O–H groups in total. The van der Waals surface area contributed by atoms with Gasteiger partial charge in [0.05, 0.1) is 50.8 Å². The van der Waals surface area contributed by atoms with Crippen molar-refractivity contribution in [2.75, 3.05) is 91.9 Å². The number of hydrogen-bond acceptors (Lipinski definition) is 25. The summed E-state index contributed by atoms with van der Waals surface area (Å²) in [5.74, 6) is 5.37.